The molecule has 0 radical (unpaired) electrons. The lowest BCUT2D eigenvalue weighted by Crippen LogP contribution is -2.37. The van der Waals surface area contributed by atoms with E-state index < -0.39 is 10.0 Å². The van der Waals surface area contributed by atoms with Crippen LogP contribution in [0.25, 0.3) is 0 Å². The second-order valence-corrected chi connectivity index (χ2v) is 6.20. The van der Waals surface area contributed by atoms with E-state index in [0.29, 0.717) is 13.2 Å². The van der Waals surface area contributed by atoms with E-state index in [-0.39, 0.29) is 10.9 Å². The summed E-state index contributed by atoms with van der Waals surface area (Å²) >= 11 is 0. The van der Waals surface area contributed by atoms with Crippen LogP contribution in [0.15, 0.2) is 29.2 Å². The molecule has 0 amide bonds. The van der Waals surface area contributed by atoms with Crippen molar-refractivity contribution in [2.45, 2.75) is 24.3 Å². The molecule has 5 nitrogen and oxygen atoms in total. The lowest BCUT2D eigenvalue weighted by Gasteiger charge is -2.12. The Hall–Kier alpha value is -0.950. The third kappa shape index (κ3) is 5.28. The lowest BCUT2D eigenvalue weighted by atomic mass is 10.2. The summed E-state index contributed by atoms with van der Waals surface area (Å²) in [6, 6.07) is 6.97. The van der Waals surface area contributed by atoms with Crippen molar-refractivity contribution >= 4 is 10.0 Å². The van der Waals surface area contributed by atoms with E-state index in [9.17, 15) is 8.42 Å². The van der Waals surface area contributed by atoms with Crippen molar-refractivity contribution in [1.82, 2.24) is 10.0 Å². The summed E-state index contributed by atoms with van der Waals surface area (Å²) in [6.45, 7) is 2.91. The van der Waals surface area contributed by atoms with Gasteiger partial charge in [-0.1, -0.05) is 12.1 Å². The molecule has 19 heavy (non-hydrogen) atoms. The Bertz CT molecular complexity index is 471. The van der Waals surface area contributed by atoms with Gasteiger partial charge in [-0.2, -0.15) is 0 Å². The van der Waals surface area contributed by atoms with Crippen molar-refractivity contribution in [2.75, 3.05) is 27.3 Å². The van der Waals surface area contributed by atoms with Crippen molar-refractivity contribution in [3.05, 3.63) is 29.8 Å². The molecular weight excluding hydrogens is 264 g/mol. The Labute approximate surface area is 115 Å². The highest BCUT2D eigenvalue weighted by molar-refractivity contribution is 7.89. The van der Waals surface area contributed by atoms with Gasteiger partial charge in [-0.15, -0.1) is 0 Å². The summed E-state index contributed by atoms with van der Waals surface area (Å²) in [5, 5.41) is 2.98. The number of sulfonamides is 1. The van der Waals surface area contributed by atoms with Gasteiger partial charge in [0, 0.05) is 19.7 Å². The van der Waals surface area contributed by atoms with Crippen LogP contribution in [-0.4, -0.2) is 41.8 Å². The van der Waals surface area contributed by atoms with Crippen LogP contribution in [0.2, 0.25) is 0 Å². The Kier molecular flexibility index (Phi) is 6.44. The van der Waals surface area contributed by atoms with Crippen LogP contribution < -0.4 is 10.0 Å². The Morgan fingerprint density at radius 3 is 2.42 bits per heavy atom. The predicted octanol–water partition coefficient (Wildman–Crippen LogP) is 0.762. The average Bonchev–Trinajstić information content (AvgIpc) is 2.43. The lowest BCUT2D eigenvalue weighted by molar-refractivity contribution is 0.202. The first-order valence-electron chi connectivity index (χ1n) is 6.24. The fraction of sp³-hybridized carbons (Fsp3) is 0.538. The number of likely N-dealkylation sites (N-methyl/N-ethyl adjacent to an activating group) is 1. The molecule has 1 aromatic carbocycles. The van der Waals surface area contributed by atoms with E-state index >= 15 is 0 Å². The van der Waals surface area contributed by atoms with Crippen molar-refractivity contribution in [2.24, 2.45) is 0 Å². The average molecular weight is 286 g/mol. The zero-order chi connectivity index (χ0) is 14.3. The summed E-state index contributed by atoms with van der Waals surface area (Å²) in [6.07, 6.45) is 0.779. The van der Waals surface area contributed by atoms with Crippen LogP contribution in [-0.2, 0) is 21.2 Å². The minimum absolute atomic E-state index is 0.0933. The Balaban J connectivity index is 2.68. The zero-order valence-corrected chi connectivity index (χ0v) is 12.5. The molecule has 1 aromatic rings. The summed E-state index contributed by atoms with van der Waals surface area (Å²) < 4.78 is 31.6. The van der Waals surface area contributed by atoms with Gasteiger partial charge in [0.05, 0.1) is 11.5 Å². The molecule has 2 N–H and O–H groups in total. The quantitative estimate of drug-likeness (QED) is 0.740. The molecule has 0 aliphatic rings. The molecule has 0 bridgehead atoms. The maximum absolute atomic E-state index is 12.0. The molecule has 0 fully saturated rings. The second-order valence-electron chi connectivity index (χ2n) is 4.43. The molecule has 0 saturated carbocycles. The topological polar surface area (TPSA) is 67.4 Å². The maximum Gasteiger partial charge on any atom is 0.240 e. The molecule has 0 aliphatic carbocycles. The van der Waals surface area contributed by atoms with Crippen LogP contribution in [0.3, 0.4) is 0 Å². The number of benzene rings is 1. The monoisotopic (exact) mass is 286 g/mol. The number of rotatable bonds is 8. The van der Waals surface area contributed by atoms with Crippen LogP contribution in [0.1, 0.15) is 12.5 Å². The van der Waals surface area contributed by atoms with E-state index in [1.54, 1.807) is 26.3 Å². The second kappa shape index (κ2) is 7.59. The van der Waals surface area contributed by atoms with Gasteiger partial charge in [0.25, 0.3) is 0 Å². The molecule has 108 valence electrons. The third-order valence-electron chi connectivity index (χ3n) is 2.90. The number of methoxy groups -OCH3 is 1. The molecule has 0 aromatic heterocycles. The fourth-order valence-corrected chi connectivity index (χ4v) is 2.61. The van der Waals surface area contributed by atoms with E-state index in [1.165, 1.54) is 0 Å². The van der Waals surface area contributed by atoms with Gasteiger partial charge in [0.2, 0.25) is 10.0 Å². The van der Waals surface area contributed by atoms with Crippen molar-refractivity contribution < 1.29 is 13.2 Å². The molecule has 0 aliphatic heterocycles. The first kappa shape index (κ1) is 16.1. The van der Waals surface area contributed by atoms with Crippen molar-refractivity contribution in [1.29, 1.82) is 0 Å². The Morgan fingerprint density at radius 1 is 1.26 bits per heavy atom. The number of nitrogens with one attached hydrogen (secondary N) is 2. The summed E-state index contributed by atoms with van der Waals surface area (Å²) in [5.41, 5.74) is 1.06. The SMILES string of the molecule is CNC(C)CNS(=O)(=O)c1ccc(CCOC)cc1. The highest BCUT2D eigenvalue weighted by Gasteiger charge is 2.14. The normalized spacial score (nSPS) is 13.4. The van der Waals surface area contributed by atoms with Gasteiger partial charge in [-0.25, -0.2) is 13.1 Å². The number of ether oxygens (including phenoxy) is 1. The smallest absolute Gasteiger partial charge is 0.240 e. The minimum atomic E-state index is -3.42. The van der Waals surface area contributed by atoms with Gasteiger partial charge in [0.15, 0.2) is 0 Å². The summed E-state index contributed by atoms with van der Waals surface area (Å²) in [7, 11) is 0.0158. The van der Waals surface area contributed by atoms with Crippen LogP contribution in [0.5, 0.6) is 0 Å². The largest absolute Gasteiger partial charge is 0.384 e. The highest BCUT2D eigenvalue weighted by atomic mass is 32.2. The van der Waals surface area contributed by atoms with Gasteiger partial charge in [-0.05, 0) is 38.1 Å². The van der Waals surface area contributed by atoms with Crippen LogP contribution in [0.4, 0.5) is 0 Å². The van der Waals surface area contributed by atoms with Gasteiger partial charge in [-0.3, -0.25) is 0 Å². The van der Waals surface area contributed by atoms with Crippen molar-refractivity contribution in [3.8, 4) is 0 Å². The third-order valence-corrected chi connectivity index (χ3v) is 4.34. The van der Waals surface area contributed by atoms with E-state index in [1.807, 2.05) is 19.1 Å². The molecule has 0 saturated heterocycles. The number of hydrogen-bond donors (Lipinski definition) is 2. The zero-order valence-electron chi connectivity index (χ0n) is 11.6. The molecule has 1 atom stereocenters. The standard InChI is InChI=1S/C13H22N2O3S/c1-11(14-2)10-15-19(16,17)13-6-4-12(5-7-13)8-9-18-3/h4-7,11,14-15H,8-10H2,1-3H3. The predicted molar refractivity (Wildman–Crippen MR) is 75.7 cm³/mol. The van der Waals surface area contributed by atoms with Crippen LogP contribution >= 0.6 is 0 Å². The first-order valence-corrected chi connectivity index (χ1v) is 7.72. The van der Waals surface area contributed by atoms with Gasteiger partial charge in [0.1, 0.15) is 0 Å². The summed E-state index contributed by atoms with van der Waals surface area (Å²) in [4.78, 5) is 0.289. The molecule has 6 heteroatoms. The molecule has 1 rings (SSSR count). The highest BCUT2D eigenvalue weighted by Crippen LogP contribution is 2.11. The van der Waals surface area contributed by atoms with E-state index in [4.69, 9.17) is 4.74 Å². The molecule has 1 unspecified atom stereocenters. The maximum atomic E-state index is 12.0. The fourth-order valence-electron chi connectivity index (χ4n) is 1.48. The molecule has 0 spiro atoms. The van der Waals surface area contributed by atoms with Gasteiger partial charge >= 0.3 is 0 Å². The van der Waals surface area contributed by atoms with Gasteiger partial charge < -0.3 is 10.1 Å². The minimum Gasteiger partial charge on any atom is -0.384 e. The van der Waals surface area contributed by atoms with Crippen LogP contribution in [0, 0.1) is 0 Å². The summed E-state index contributed by atoms with van der Waals surface area (Å²) in [5.74, 6) is 0. The molecule has 0 heterocycles. The van der Waals surface area contributed by atoms with E-state index in [2.05, 4.69) is 10.0 Å². The molecular formula is C13H22N2O3S. The van der Waals surface area contributed by atoms with Crippen molar-refractivity contribution in [3.63, 3.8) is 0 Å². The number of hydrogen-bond acceptors (Lipinski definition) is 4. The first-order chi connectivity index (χ1) is 8.99. The Morgan fingerprint density at radius 2 is 1.89 bits per heavy atom. The van der Waals surface area contributed by atoms with E-state index in [0.717, 1.165) is 12.0 Å².